The van der Waals surface area contributed by atoms with E-state index >= 15 is 0 Å². The van der Waals surface area contributed by atoms with E-state index in [9.17, 15) is 4.79 Å². The molecule has 0 aliphatic rings. The SMILES string of the molecule is CC(C)NC(=O)C[NH+](C)Cc1nc(-c2ccc(Cl)c(Cl)c2)cs1. The van der Waals surface area contributed by atoms with Gasteiger partial charge in [0.1, 0.15) is 11.6 Å². The average Bonchev–Trinajstić information content (AvgIpc) is 2.89. The van der Waals surface area contributed by atoms with Gasteiger partial charge in [-0.1, -0.05) is 29.3 Å². The van der Waals surface area contributed by atoms with Crippen molar-refractivity contribution >= 4 is 40.4 Å². The molecule has 2 aromatic rings. The summed E-state index contributed by atoms with van der Waals surface area (Å²) < 4.78 is 0. The fourth-order valence-corrected chi connectivity index (χ4v) is 3.36. The number of carbonyl (C=O) groups excluding carboxylic acids is 1. The molecule has 7 heteroatoms. The van der Waals surface area contributed by atoms with E-state index in [2.05, 4.69) is 10.3 Å². The van der Waals surface area contributed by atoms with Crippen LogP contribution in [0.5, 0.6) is 0 Å². The van der Waals surface area contributed by atoms with Crippen molar-refractivity contribution in [2.75, 3.05) is 13.6 Å². The minimum Gasteiger partial charge on any atom is -0.349 e. The highest BCUT2D eigenvalue weighted by atomic mass is 35.5. The van der Waals surface area contributed by atoms with Crippen LogP contribution in [0.1, 0.15) is 18.9 Å². The number of halogens is 2. The summed E-state index contributed by atoms with van der Waals surface area (Å²) in [6.07, 6.45) is 0. The molecule has 0 aliphatic heterocycles. The van der Waals surface area contributed by atoms with E-state index in [4.69, 9.17) is 23.2 Å². The molecule has 2 N–H and O–H groups in total. The van der Waals surface area contributed by atoms with Gasteiger partial charge >= 0.3 is 0 Å². The Bertz CT molecular complexity index is 688. The first-order valence-electron chi connectivity index (χ1n) is 7.35. The predicted octanol–water partition coefficient (Wildman–Crippen LogP) is 2.66. The number of nitrogens with one attached hydrogen (secondary N) is 2. The summed E-state index contributed by atoms with van der Waals surface area (Å²) in [4.78, 5) is 17.5. The van der Waals surface area contributed by atoms with Gasteiger partial charge < -0.3 is 10.2 Å². The summed E-state index contributed by atoms with van der Waals surface area (Å²) in [6.45, 7) is 5.05. The Labute approximate surface area is 150 Å². The number of nitrogens with zero attached hydrogens (tertiary/aromatic N) is 1. The summed E-state index contributed by atoms with van der Waals surface area (Å²) in [5.74, 6) is 0.0544. The monoisotopic (exact) mass is 372 g/mol. The van der Waals surface area contributed by atoms with Crippen LogP contribution in [0.25, 0.3) is 11.3 Å². The minimum absolute atomic E-state index is 0.0544. The number of aromatic nitrogens is 1. The lowest BCUT2D eigenvalue weighted by molar-refractivity contribution is -0.885. The van der Waals surface area contributed by atoms with Crippen LogP contribution in [-0.4, -0.2) is 30.5 Å². The number of hydrogen-bond acceptors (Lipinski definition) is 3. The maximum atomic E-state index is 11.8. The molecule has 1 aromatic heterocycles. The first-order chi connectivity index (χ1) is 10.8. The zero-order chi connectivity index (χ0) is 17.0. The second-order valence-corrected chi connectivity index (χ2v) is 7.55. The Kier molecular flexibility index (Phi) is 6.41. The van der Waals surface area contributed by atoms with Gasteiger partial charge in [0.05, 0.1) is 22.8 Å². The Hall–Kier alpha value is -1.14. The van der Waals surface area contributed by atoms with Gasteiger partial charge in [-0.15, -0.1) is 11.3 Å². The van der Waals surface area contributed by atoms with E-state index < -0.39 is 0 Å². The van der Waals surface area contributed by atoms with Crippen LogP contribution in [0.3, 0.4) is 0 Å². The molecular weight excluding hydrogens is 353 g/mol. The van der Waals surface area contributed by atoms with Crippen LogP contribution in [0.4, 0.5) is 0 Å². The van der Waals surface area contributed by atoms with Crippen molar-refractivity contribution < 1.29 is 9.69 Å². The third kappa shape index (κ3) is 5.46. The fourth-order valence-electron chi connectivity index (χ4n) is 2.15. The van der Waals surface area contributed by atoms with Gasteiger partial charge in [-0.25, -0.2) is 4.98 Å². The maximum Gasteiger partial charge on any atom is 0.275 e. The zero-order valence-corrected chi connectivity index (χ0v) is 15.6. The molecule has 4 nitrogen and oxygen atoms in total. The fraction of sp³-hybridized carbons (Fsp3) is 0.375. The summed E-state index contributed by atoms with van der Waals surface area (Å²) in [5, 5.41) is 6.94. The van der Waals surface area contributed by atoms with Crippen molar-refractivity contribution in [2.24, 2.45) is 0 Å². The molecular formula is C16H20Cl2N3OS+. The van der Waals surface area contributed by atoms with Gasteiger partial charge in [-0.3, -0.25) is 4.79 Å². The van der Waals surface area contributed by atoms with Gasteiger partial charge in [0.15, 0.2) is 6.54 Å². The minimum atomic E-state index is 0.0544. The molecule has 0 aliphatic carbocycles. The maximum absolute atomic E-state index is 11.8. The second-order valence-electron chi connectivity index (χ2n) is 5.79. The predicted molar refractivity (Wildman–Crippen MR) is 96.3 cm³/mol. The molecule has 1 amide bonds. The molecule has 1 unspecified atom stereocenters. The van der Waals surface area contributed by atoms with Crippen molar-refractivity contribution in [3.05, 3.63) is 38.6 Å². The summed E-state index contributed by atoms with van der Waals surface area (Å²) in [5.41, 5.74) is 1.82. The number of amides is 1. The summed E-state index contributed by atoms with van der Waals surface area (Å²) in [7, 11) is 1.99. The first-order valence-corrected chi connectivity index (χ1v) is 8.99. The van der Waals surface area contributed by atoms with Crippen molar-refractivity contribution in [3.8, 4) is 11.3 Å². The zero-order valence-electron chi connectivity index (χ0n) is 13.3. The topological polar surface area (TPSA) is 46.4 Å². The van der Waals surface area contributed by atoms with Crippen molar-refractivity contribution in [3.63, 3.8) is 0 Å². The van der Waals surface area contributed by atoms with Crippen LogP contribution in [0.15, 0.2) is 23.6 Å². The summed E-state index contributed by atoms with van der Waals surface area (Å²) >= 11 is 13.6. The lowest BCUT2D eigenvalue weighted by Gasteiger charge is -2.13. The summed E-state index contributed by atoms with van der Waals surface area (Å²) in [6, 6.07) is 5.65. The van der Waals surface area contributed by atoms with E-state index in [0.717, 1.165) is 21.2 Å². The highest BCUT2D eigenvalue weighted by molar-refractivity contribution is 7.09. The van der Waals surface area contributed by atoms with Crippen LogP contribution < -0.4 is 10.2 Å². The quantitative estimate of drug-likeness (QED) is 0.818. The largest absolute Gasteiger partial charge is 0.349 e. The molecule has 0 bridgehead atoms. The van der Waals surface area contributed by atoms with Crippen LogP contribution in [0.2, 0.25) is 10.0 Å². The Morgan fingerprint density at radius 3 is 2.74 bits per heavy atom. The molecule has 0 saturated carbocycles. The van der Waals surface area contributed by atoms with E-state index in [1.807, 2.05) is 38.4 Å². The molecule has 0 spiro atoms. The highest BCUT2D eigenvalue weighted by Crippen LogP contribution is 2.29. The second kappa shape index (κ2) is 8.11. The molecule has 0 saturated heterocycles. The van der Waals surface area contributed by atoms with E-state index in [1.165, 1.54) is 0 Å². The number of rotatable bonds is 6. The number of likely N-dealkylation sites (N-methyl/N-ethyl adjacent to an activating group) is 1. The van der Waals surface area contributed by atoms with Crippen LogP contribution in [-0.2, 0) is 11.3 Å². The van der Waals surface area contributed by atoms with Gasteiger partial charge in [0.25, 0.3) is 5.91 Å². The van der Waals surface area contributed by atoms with Crippen molar-refractivity contribution in [2.45, 2.75) is 26.4 Å². The number of thiazole rings is 1. The molecule has 1 aromatic carbocycles. The van der Waals surface area contributed by atoms with Gasteiger partial charge in [0, 0.05) is 17.0 Å². The molecule has 0 fully saturated rings. The highest BCUT2D eigenvalue weighted by Gasteiger charge is 2.14. The third-order valence-electron chi connectivity index (χ3n) is 3.13. The van der Waals surface area contributed by atoms with Crippen LogP contribution in [0, 0.1) is 0 Å². The van der Waals surface area contributed by atoms with Crippen molar-refractivity contribution in [1.29, 1.82) is 0 Å². The number of carbonyl (C=O) groups is 1. The lowest BCUT2D eigenvalue weighted by atomic mass is 10.2. The molecule has 124 valence electrons. The number of quaternary nitrogens is 1. The smallest absolute Gasteiger partial charge is 0.275 e. The Morgan fingerprint density at radius 1 is 1.35 bits per heavy atom. The van der Waals surface area contributed by atoms with E-state index in [0.29, 0.717) is 23.1 Å². The van der Waals surface area contributed by atoms with E-state index in [1.54, 1.807) is 17.4 Å². The van der Waals surface area contributed by atoms with Gasteiger partial charge in [0.2, 0.25) is 0 Å². The number of benzene rings is 1. The van der Waals surface area contributed by atoms with Crippen molar-refractivity contribution in [1.82, 2.24) is 10.3 Å². The Morgan fingerprint density at radius 2 is 2.09 bits per heavy atom. The molecule has 1 heterocycles. The number of hydrogen-bond donors (Lipinski definition) is 2. The van der Waals surface area contributed by atoms with Crippen LogP contribution >= 0.6 is 34.5 Å². The van der Waals surface area contributed by atoms with Gasteiger partial charge in [-0.05, 0) is 26.0 Å². The average molecular weight is 373 g/mol. The van der Waals surface area contributed by atoms with Gasteiger partial charge in [-0.2, -0.15) is 0 Å². The molecule has 23 heavy (non-hydrogen) atoms. The standard InChI is InChI=1S/C16H19Cl2N3OS/c1-10(2)19-15(22)7-21(3)8-16-20-14(9-23-16)11-4-5-12(17)13(18)6-11/h4-6,9-10H,7-8H2,1-3H3,(H,19,22)/p+1. The third-order valence-corrected chi connectivity index (χ3v) is 4.72. The Balaban J connectivity index is 1.99. The van der Waals surface area contributed by atoms with E-state index in [-0.39, 0.29) is 11.9 Å². The molecule has 1 atom stereocenters. The molecule has 2 rings (SSSR count). The lowest BCUT2D eigenvalue weighted by Crippen LogP contribution is -3.09. The normalized spacial score (nSPS) is 12.4. The molecule has 0 radical (unpaired) electrons. The first kappa shape index (κ1) is 18.2.